The van der Waals surface area contributed by atoms with Gasteiger partial charge in [0.1, 0.15) is 12.1 Å². The van der Waals surface area contributed by atoms with Crippen molar-refractivity contribution in [3.63, 3.8) is 0 Å². The predicted octanol–water partition coefficient (Wildman–Crippen LogP) is -0.488. The Labute approximate surface area is 188 Å². The summed E-state index contributed by atoms with van der Waals surface area (Å²) in [6.07, 6.45) is 1.84. The van der Waals surface area contributed by atoms with Gasteiger partial charge in [-0.15, -0.1) is 0 Å². The largest absolute Gasteiger partial charge is 0.480 e. The summed E-state index contributed by atoms with van der Waals surface area (Å²) < 4.78 is 0. The minimum absolute atomic E-state index is 0.292. The van der Waals surface area contributed by atoms with Crippen LogP contribution in [0.25, 0.3) is 0 Å². The fourth-order valence-corrected chi connectivity index (χ4v) is 3.03. The van der Waals surface area contributed by atoms with Crippen LogP contribution in [-0.4, -0.2) is 60.0 Å². The van der Waals surface area contributed by atoms with Gasteiger partial charge in [-0.1, -0.05) is 44.2 Å². The van der Waals surface area contributed by atoms with E-state index in [2.05, 4.69) is 16.0 Å². The molecule has 0 aromatic heterocycles. The molecule has 3 unspecified atom stereocenters. The van der Waals surface area contributed by atoms with Crippen LogP contribution < -0.4 is 27.4 Å². The fraction of sp³-hybridized carbons (Fsp3) is 0.545. The molecule has 0 aliphatic heterocycles. The molecule has 1 rings (SSSR count). The van der Waals surface area contributed by atoms with Crippen molar-refractivity contribution in [3.8, 4) is 0 Å². The first-order valence-electron chi connectivity index (χ1n) is 10.8. The smallest absolute Gasteiger partial charge is 0.326 e. The Morgan fingerprint density at radius 3 is 2.22 bits per heavy atom. The van der Waals surface area contributed by atoms with Gasteiger partial charge in [0.15, 0.2) is 0 Å². The molecule has 8 N–H and O–H groups in total. The third kappa shape index (κ3) is 9.88. The van der Waals surface area contributed by atoms with E-state index in [-0.39, 0.29) is 12.5 Å². The highest BCUT2D eigenvalue weighted by molar-refractivity contribution is 5.92. The standard InChI is InChI=1S/C22H35N5O5/c1-14(2)19(22(31)32)27-21(30)17(10-6-7-11-23)26-18(28)13-25-20(29)16(24)12-15-8-4-3-5-9-15/h3-5,8-9,14,16-17,19H,6-7,10-13,23-24H2,1-2H3,(H,25,29)(H,26,28)(H,27,30)(H,31,32). The highest BCUT2D eigenvalue weighted by Gasteiger charge is 2.28. The van der Waals surface area contributed by atoms with Crippen LogP contribution in [0.15, 0.2) is 30.3 Å². The molecular formula is C22H35N5O5. The van der Waals surface area contributed by atoms with E-state index < -0.39 is 41.8 Å². The number of amides is 3. The van der Waals surface area contributed by atoms with Crippen LogP contribution in [0.2, 0.25) is 0 Å². The number of carboxylic acids is 1. The van der Waals surface area contributed by atoms with Crippen molar-refractivity contribution in [1.82, 2.24) is 16.0 Å². The van der Waals surface area contributed by atoms with Gasteiger partial charge >= 0.3 is 5.97 Å². The molecular weight excluding hydrogens is 414 g/mol. The molecule has 32 heavy (non-hydrogen) atoms. The first kappa shape index (κ1) is 27.1. The Morgan fingerprint density at radius 2 is 1.66 bits per heavy atom. The van der Waals surface area contributed by atoms with Gasteiger partial charge in [-0.25, -0.2) is 4.79 Å². The number of carbonyl (C=O) groups excluding carboxylic acids is 3. The van der Waals surface area contributed by atoms with Crippen molar-refractivity contribution in [1.29, 1.82) is 0 Å². The molecule has 3 amide bonds. The van der Waals surface area contributed by atoms with Crippen LogP contribution in [0.5, 0.6) is 0 Å². The van der Waals surface area contributed by atoms with E-state index in [0.717, 1.165) is 5.56 Å². The zero-order valence-electron chi connectivity index (χ0n) is 18.7. The molecule has 10 nitrogen and oxygen atoms in total. The molecule has 0 aliphatic carbocycles. The molecule has 1 aromatic rings. The van der Waals surface area contributed by atoms with Crippen molar-refractivity contribution >= 4 is 23.7 Å². The predicted molar refractivity (Wildman–Crippen MR) is 120 cm³/mol. The molecule has 0 saturated carbocycles. The molecule has 10 heteroatoms. The summed E-state index contributed by atoms with van der Waals surface area (Å²) in [6, 6.07) is 6.42. The van der Waals surface area contributed by atoms with E-state index in [1.54, 1.807) is 13.8 Å². The van der Waals surface area contributed by atoms with Crippen molar-refractivity contribution in [3.05, 3.63) is 35.9 Å². The number of carbonyl (C=O) groups is 4. The zero-order chi connectivity index (χ0) is 24.1. The Hall–Kier alpha value is -2.98. The number of nitrogens with two attached hydrogens (primary N) is 2. The number of nitrogens with one attached hydrogen (secondary N) is 3. The minimum atomic E-state index is -1.15. The van der Waals surface area contributed by atoms with Crippen molar-refractivity contribution in [2.75, 3.05) is 13.1 Å². The van der Waals surface area contributed by atoms with Crippen molar-refractivity contribution in [2.24, 2.45) is 17.4 Å². The lowest BCUT2D eigenvalue weighted by Crippen LogP contribution is -2.54. The third-order valence-electron chi connectivity index (χ3n) is 4.89. The second kappa shape index (κ2) is 14.2. The number of unbranched alkanes of at least 4 members (excludes halogenated alkanes) is 1. The first-order chi connectivity index (χ1) is 15.1. The van der Waals surface area contributed by atoms with E-state index >= 15 is 0 Å². The summed E-state index contributed by atoms with van der Waals surface area (Å²) >= 11 is 0. The van der Waals surface area contributed by atoms with Crippen LogP contribution in [0.3, 0.4) is 0 Å². The summed E-state index contributed by atoms with van der Waals surface area (Å²) in [5.74, 6) is -3.14. The molecule has 0 aliphatic rings. The maximum Gasteiger partial charge on any atom is 0.326 e. The lowest BCUT2D eigenvalue weighted by molar-refractivity contribution is -0.143. The van der Waals surface area contributed by atoms with Crippen LogP contribution >= 0.6 is 0 Å². The quantitative estimate of drug-likeness (QED) is 0.208. The topological polar surface area (TPSA) is 177 Å². The fourth-order valence-electron chi connectivity index (χ4n) is 3.03. The van der Waals surface area contributed by atoms with Gasteiger partial charge in [0.25, 0.3) is 0 Å². The van der Waals surface area contributed by atoms with Gasteiger partial charge < -0.3 is 32.5 Å². The molecule has 1 aromatic carbocycles. The van der Waals surface area contributed by atoms with Gasteiger partial charge in [0.05, 0.1) is 12.6 Å². The number of hydrogen-bond acceptors (Lipinski definition) is 6. The average molecular weight is 450 g/mol. The molecule has 0 bridgehead atoms. The Bertz CT molecular complexity index is 756. The summed E-state index contributed by atoms with van der Waals surface area (Å²) in [5.41, 5.74) is 12.3. The third-order valence-corrected chi connectivity index (χ3v) is 4.89. The molecule has 0 radical (unpaired) electrons. The first-order valence-corrected chi connectivity index (χ1v) is 10.8. The summed E-state index contributed by atoms with van der Waals surface area (Å²) in [7, 11) is 0. The average Bonchev–Trinajstić information content (AvgIpc) is 2.75. The van der Waals surface area contributed by atoms with E-state index in [1.165, 1.54) is 0 Å². The molecule has 0 heterocycles. The highest BCUT2D eigenvalue weighted by Crippen LogP contribution is 2.06. The van der Waals surface area contributed by atoms with Crippen LogP contribution in [0.1, 0.15) is 38.7 Å². The Morgan fingerprint density at radius 1 is 1.00 bits per heavy atom. The van der Waals surface area contributed by atoms with Gasteiger partial charge in [-0.05, 0) is 43.7 Å². The van der Waals surface area contributed by atoms with Crippen molar-refractivity contribution in [2.45, 2.75) is 57.7 Å². The molecule has 0 spiro atoms. The Kier molecular flexibility index (Phi) is 12.0. The highest BCUT2D eigenvalue weighted by atomic mass is 16.4. The molecule has 178 valence electrons. The van der Waals surface area contributed by atoms with Gasteiger partial charge in [0, 0.05) is 0 Å². The van der Waals surface area contributed by atoms with E-state index in [9.17, 15) is 24.3 Å². The minimum Gasteiger partial charge on any atom is -0.480 e. The summed E-state index contributed by atoms with van der Waals surface area (Å²) in [6.45, 7) is 3.43. The summed E-state index contributed by atoms with van der Waals surface area (Å²) in [4.78, 5) is 48.5. The lowest BCUT2D eigenvalue weighted by Gasteiger charge is -2.23. The molecule has 3 atom stereocenters. The number of aliphatic carboxylic acids is 1. The van der Waals surface area contributed by atoms with E-state index in [1.807, 2.05) is 30.3 Å². The number of rotatable bonds is 14. The number of benzene rings is 1. The van der Waals surface area contributed by atoms with Gasteiger partial charge in [-0.2, -0.15) is 0 Å². The monoisotopic (exact) mass is 449 g/mol. The normalized spacial score (nSPS) is 13.7. The van der Waals surface area contributed by atoms with Crippen LogP contribution in [0.4, 0.5) is 0 Å². The van der Waals surface area contributed by atoms with Crippen LogP contribution in [-0.2, 0) is 25.6 Å². The lowest BCUT2D eigenvalue weighted by atomic mass is 10.0. The number of carboxylic acid groups (broad SMARTS) is 1. The summed E-state index contributed by atoms with van der Waals surface area (Å²) in [5, 5.41) is 16.8. The maximum atomic E-state index is 12.6. The molecule has 0 fully saturated rings. The Balaban J connectivity index is 2.63. The van der Waals surface area contributed by atoms with E-state index in [0.29, 0.717) is 32.2 Å². The van der Waals surface area contributed by atoms with Gasteiger partial charge in [-0.3, -0.25) is 14.4 Å². The van der Waals surface area contributed by atoms with Crippen molar-refractivity contribution < 1.29 is 24.3 Å². The second-order valence-electron chi connectivity index (χ2n) is 7.99. The zero-order valence-corrected chi connectivity index (χ0v) is 18.7. The van der Waals surface area contributed by atoms with Crippen LogP contribution in [0, 0.1) is 5.92 Å². The second-order valence-corrected chi connectivity index (χ2v) is 7.99. The molecule has 0 saturated heterocycles. The maximum absolute atomic E-state index is 12.6. The SMILES string of the molecule is CC(C)C(NC(=O)C(CCCCN)NC(=O)CNC(=O)C(N)Cc1ccccc1)C(=O)O. The number of hydrogen-bond donors (Lipinski definition) is 6. The van der Waals surface area contributed by atoms with E-state index in [4.69, 9.17) is 11.5 Å². The van der Waals surface area contributed by atoms with Gasteiger partial charge in [0.2, 0.25) is 17.7 Å².